The van der Waals surface area contributed by atoms with Crippen molar-refractivity contribution in [1.29, 1.82) is 0 Å². The number of ether oxygens (including phenoxy) is 1. The van der Waals surface area contributed by atoms with Gasteiger partial charge in [-0.1, -0.05) is 13.0 Å². The lowest BCUT2D eigenvalue weighted by Crippen LogP contribution is -2.02. The summed E-state index contributed by atoms with van der Waals surface area (Å²) in [5.41, 5.74) is 3.55. The van der Waals surface area contributed by atoms with E-state index < -0.39 is 6.10 Å². The van der Waals surface area contributed by atoms with Crippen molar-refractivity contribution in [3.05, 3.63) is 53.3 Å². The first-order valence-corrected chi connectivity index (χ1v) is 7.70. The topological polar surface area (TPSA) is 42.4 Å². The molecule has 0 unspecified atom stereocenters. The monoisotopic (exact) mass is 283 g/mol. The van der Waals surface area contributed by atoms with Gasteiger partial charge in [0.1, 0.15) is 11.5 Å². The molecule has 0 radical (unpaired) electrons. The van der Waals surface area contributed by atoms with Crippen molar-refractivity contribution in [2.24, 2.45) is 0 Å². The van der Waals surface area contributed by atoms with Crippen LogP contribution in [-0.4, -0.2) is 10.1 Å². The minimum Gasteiger partial charge on any atom is -0.456 e. The maximum absolute atomic E-state index is 9.74. The molecular weight excluding hydrogens is 262 g/mol. The summed E-state index contributed by atoms with van der Waals surface area (Å²) in [5, 5.41) is 9.74. The second kappa shape index (κ2) is 6.27. The summed E-state index contributed by atoms with van der Waals surface area (Å²) in [7, 11) is 0. The molecule has 0 bridgehead atoms. The Labute approximate surface area is 125 Å². The van der Waals surface area contributed by atoms with Crippen LogP contribution in [0, 0.1) is 0 Å². The fourth-order valence-corrected chi connectivity index (χ4v) is 2.77. The van der Waals surface area contributed by atoms with Crippen LogP contribution in [0.1, 0.15) is 49.1 Å². The zero-order valence-electron chi connectivity index (χ0n) is 12.4. The molecule has 3 rings (SSSR count). The lowest BCUT2D eigenvalue weighted by molar-refractivity contribution is 0.169. The number of pyridine rings is 1. The third-order valence-corrected chi connectivity index (χ3v) is 4.04. The lowest BCUT2D eigenvalue weighted by Gasteiger charge is -2.16. The average Bonchev–Trinajstić information content (AvgIpc) is 2.55. The Kier molecular flexibility index (Phi) is 4.20. The normalized spacial score (nSPS) is 15.3. The lowest BCUT2D eigenvalue weighted by atomic mass is 9.92. The van der Waals surface area contributed by atoms with Gasteiger partial charge >= 0.3 is 0 Å². The largest absolute Gasteiger partial charge is 0.456 e. The second-order valence-electron chi connectivity index (χ2n) is 5.58. The summed E-state index contributed by atoms with van der Waals surface area (Å²) >= 11 is 0. The van der Waals surface area contributed by atoms with Crippen molar-refractivity contribution in [3.63, 3.8) is 0 Å². The molecule has 1 atom stereocenters. The van der Waals surface area contributed by atoms with E-state index in [4.69, 9.17) is 4.74 Å². The van der Waals surface area contributed by atoms with Gasteiger partial charge in [0.25, 0.3) is 0 Å². The number of aromatic nitrogens is 1. The predicted molar refractivity (Wildman–Crippen MR) is 82.6 cm³/mol. The first-order valence-electron chi connectivity index (χ1n) is 7.70. The Bertz CT molecular complexity index is 607. The number of hydrogen-bond donors (Lipinski definition) is 1. The predicted octanol–water partition coefficient (Wildman–Crippen LogP) is 4.20. The average molecular weight is 283 g/mol. The zero-order chi connectivity index (χ0) is 14.7. The van der Waals surface area contributed by atoms with Gasteiger partial charge in [0.15, 0.2) is 0 Å². The summed E-state index contributed by atoms with van der Waals surface area (Å²) in [4.78, 5) is 4.26. The van der Waals surface area contributed by atoms with Crippen molar-refractivity contribution in [2.75, 3.05) is 0 Å². The van der Waals surface area contributed by atoms with Crippen LogP contribution in [-0.2, 0) is 12.8 Å². The summed E-state index contributed by atoms with van der Waals surface area (Å²) in [6.45, 7) is 1.93. The quantitative estimate of drug-likeness (QED) is 0.914. The number of aliphatic hydroxyl groups is 1. The smallest absolute Gasteiger partial charge is 0.145 e. The standard InChI is InChI=1S/C18H21NO2/c1-2-18(20)17-10-9-16(12-19-17)21-15-8-7-13-5-3-4-6-14(13)11-15/h7-12,18,20H,2-6H2,1H3/t18-/m0/s1. The first-order chi connectivity index (χ1) is 10.3. The summed E-state index contributed by atoms with van der Waals surface area (Å²) in [6.07, 6.45) is 6.72. The Balaban J connectivity index is 1.74. The molecule has 0 aliphatic heterocycles. The van der Waals surface area contributed by atoms with Gasteiger partial charge in [-0.2, -0.15) is 0 Å². The third-order valence-electron chi connectivity index (χ3n) is 4.04. The first kappa shape index (κ1) is 14.1. The van der Waals surface area contributed by atoms with Gasteiger partial charge in [0.2, 0.25) is 0 Å². The Morgan fingerprint density at radius 3 is 2.57 bits per heavy atom. The van der Waals surface area contributed by atoms with Crippen LogP contribution in [0.2, 0.25) is 0 Å². The van der Waals surface area contributed by atoms with Crippen LogP contribution in [0.15, 0.2) is 36.5 Å². The third kappa shape index (κ3) is 3.24. The zero-order valence-corrected chi connectivity index (χ0v) is 12.4. The molecule has 1 heterocycles. The van der Waals surface area contributed by atoms with Crippen molar-refractivity contribution in [2.45, 2.75) is 45.1 Å². The van der Waals surface area contributed by atoms with Gasteiger partial charge in [-0.3, -0.25) is 4.98 Å². The Morgan fingerprint density at radius 1 is 1.10 bits per heavy atom. The molecule has 0 saturated carbocycles. The van der Waals surface area contributed by atoms with Crippen molar-refractivity contribution in [1.82, 2.24) is 4.98 Å². The van der Waals surface area contributed by atoms with Crippen LogP contribution in [0.3, 0.4) is 0 Å². The molecular formula is C18H21NO2. The molecule has 1 aromatic carbocycles. The minimum atomic E-state index is -0.497. The number of aliphatic hydroxyl groups excluding tert-OH is 1. The van der Waals surface area contributed by atoms with Gasteiger partial charge in [-0.25, -0.2) is 0 Å². The van der Waals surface area contributed by atoms with Crippen molar-refractivity contribution in [3.8, 4) is 11.5 Å². The molecule has 1 aliphatic carbocycles. The maximum Gasteiger partial charge on any atom is 0.145 e. The molecule has 0 fully saturated rings. The molecule has 21 heavy (non-hydrogen) atoms. The molecule has 1 aromatic heterocycles. The van der Waals surface area contributed by atoms with Crippen LogP contribution in [0.5, 0.6) is 11.5 Å². The van der Waals surface area contributed by atoms with Crippen LogP contribution >= 0.6 is 0 Å². The Hall–Kier alpha value is -1.87. The van der Waals surface area contributed by atoms with Crippen LogP contribution < -0.4 is 4.74 Å². The highest BCUT2D eigenvalue weighted by Gasteiger charge is 2.11. The van der Waals surface area contributed by atoms with Crippen molar-refractivity contribution >= 4 is 0 Å². The van der Waals surface area contributed by atoms with Gasteiger partial charge in [-0.15, -0.1) is 0 Å². The van der Waals surface area contributed by atoms with E-state index in [9.17, 15) is 5.11 Å². The van der Waals surface area contributed by atoms with E-state index in [2.05, 4.69) is 17.1 Å². The summed E-state index contributed by atoms with van der Waals surface area (Å²) in [5.74, 6) is 1.57. The van der Waals surface area contributed by atoms with E-state index >= 15 is 0 Å². The molecule has 0 spiro atoms. The number of aryl methyl sites for hydroxylation is 2. The number of hydrogen-bond acceptors (Lipinski definition) is 3. The molecule has 0 amide bonds. The highest BCUT2D eigenvalue weighted by atomic mass is 16.5. The summed E-state index contributed by atoms with van der Waals surface area (Å²) < 4.78 is 5.87. The molecule has 1 N–H and O–H groups in total. The van der Waals surface area contributed by atoms with Crippen LogP contribution in [0.4, 0.5) is 0 Å². The van der Waals surface area contributed by atoms with E-state index in [0.717, 1.165) is 12.2 Å². The highest BCUT2D eigenvalue weighted by Crippen LogP contribution is 2.28. The van der Waals surface area contributed by atoms with Gasteiger partial charge in [-0.05, 0) is 67.5 Å². The number of fused-ring (bicyclic) bond motifs is 1. The number of rotatable bonds is 4. The molecule has 0 saturated heterocycles. The highest BCUT2D eigenvalue weighted by molar-refractivity contribution is 5.39. The molecule has 2 aromatic rings. The van der Waals surface area contributed by atoms with E-state index in [1.54, 1.807) is 6.20 Å². The Morgan fingerprint density at radius 2 is 1.86 bits per heavy atom. The minimum absolute atomic E-state index is 0.497. The summed E-state index contributed by atoms with van der Waals surface area (Å²) in [6, 6.07) is 10.0. The van der Waals surface area contributed by atoms with Crippen molar-refractivity contribution < 1.29 is 9.84 Å². The number of benzene rings is 1. The van der Waals surface area contributed by atoms with E-state index in [0.29, 0.717) is 17.9 Å². The second-order valence-corrected chi connectivity index (χ2v) is 5.58. The van der Waals surface area contributed by atoms with Gasteiger partial charge in [0, 0.05) is 0 Å². The molecule has 1 aliphatic rings. The SMILES string of the molecule is CC[C@H](O)c1ccc(Oc2ccc3c(c2)CCCC3)cn1. The molecule has 3 nitrogen and oxygen atoms in total. The molecule has 110 valence electrons. The fraction of sp³-hybridized carbons (Fsp3) is 0.389. The van der Waals surface area contributed by atoms with Gasteiger partial charge in [0.05, 0.1) is 18.0 Å². The van der Waals surface area contributed by atoms with Crippen LogP contribution in [0.25, 0.3) is 0 Å². The number of nitrogens with zero attached hydrogens (tertiary/aromatic N) is 1. The van der Waals surface area contributed by atoms with E-state index in [1.807, 2.05) is 25.1 Å². The molecule has 3 heteroatoms. The maximum atomic E-state index is 9.74. The fourth-order valence-electron chi connectivity index (χ4n) is 2.77. The van der Waals surface area contributed by atoms with E-state index in [1.165, 1.54) is 30.4 Å². The van der Waals surface area contributed by atoms with E-state index in [-0.39, 0.29) is 0 Å². The van der Waals surface area contributed by atoms with Gasteiger partial charge < -0.3 is 9.84 Å².